The number of carbonyl (C=O) groups is 1. The van der Waals surface area contributed by atoms with Crippen molar-refractivity contribution in [2.45, 2.75) is 24.2 Å². The third kappa shape index (κ3) is 3.64. The summed E-state index contributed by atoms with van der Waals surface area (Å²) >= 11 is 0. The van der Waals surface area contributed by atoms with E-state index in [1.54, 1.807) is 4.90 Å². The van der Waals surface area contributed by atoms with Crippen molar-refractivity contribution < 1.29 is 17.9 Å². The Hall–Kier alpha value is -2.18. The summed E-state index contributed by atoms with van der Waals surface area (Å²) in [5, 5.41) is -0.559. The second-order valence-electron chi connectivity index (χ2n) is 7.08. The highest BCUT2D eigenvalue weighted by Gasteiger charge is 2.36. The van der Waals surface area contributed by atoms with E-state index in [1.807, 2.05) is 54.6 Å². The molecule has 2 aliphatic heterocycles. The van der Waals surface area contributed by atoms with Gasteiger partial charge in [0.05, 0.1) is 17.6 Å². The van der Waals surface area contributed by atoms with Crippen LogP contribution in [0.25, 0.3) is 0 Å². The van der Waals surface area contributed by atoms with E-state index in [1.165, 1.54) is 0 Å². The lowest BCUT2D eigenvalue weighted by atomic mass is 9.96. The average Bonchev–Trinajstić information content (AvgIpc) is 2.85. The zero-order valence-electron chi connectivity index (χ0n) is 15.1. The van der Waals surface area contributed by atoms with Crippen LogP contribution >= 0.6 is 0 Å². The van der Waals surface area contributed by atoms with Gasteiger partial charge in [0.2, 0.25) is 0 Å². The second-order valence-corrected chi connectivity index (χ2v) is 9.38. The summed E-state index contributed by atoms with van der Waals surface area (Å²) in [4.78, 5) is 14.8. The SMILES string of the molecule is O=C([C@H]1OCCc2ccccc21)N1CC[C@@H](c2ccccc2)S(=O)(=O)CC1. The maximum Gasteiger partial charge on any atom is 0.256 e. The number of hydrogen-bond donors (Lipinski definition) is 0. The standard InChI is InChI=1S/C21H23NO4S/c23-21(20-18-9-5-4-6-16(18)11-14-26-20)22-12-10-19(27(24,25)15-13-22)17-7-2-1-3-8-17/h1-9,19-20H,10-15H2/t19-,20-/m0/s1. The third-order valence-electron chi connectivity index (χ3n) is 5.44. The number of rotatable bonds is 2. The first kappa shape index (κ1) is 18.2. The topological polar surface area (TPSA) is 63.7 Å². The Morgan fingerprint density at radius 3 is 2.56 bits per heavy atom. The van der Waals surface area contributed by atoms with Crippen LogP contribution < -0.4 is 0 Å². The summed E-state index contributed by atoms with van der Waals surface area (Å²) in [6, 6.07) is 17.1. The van der Waals surface area contributed by atoms with E-state index in [0.29, 0.717) is 19.6 Å². The van der Waals surface area contributed by atoms with Gasteiger partial charge < -0.3 is 9.64 Å². The van der Waals surface area contributed by atoms with Crippen LogP contribution in [0.3, 0.4) is 0 Å². The van der Waals surface area contributed by atoms with E-state index < -0.39 is 21.2 Å². The summed E-state index contributed by atoms with van der Waals surface area (Å²) in [5.41, 5.74) is 2.83. The molecular weight excluding hydrogens is 362 g/mol. The smallest absolute Gasteiger partial charge is 0.256 e. The quantitative estimate of drug-likeness (QED) is 0.797. The van der Waals surface area contributed by atoms with Gasteiger partial charge in [0.25, 0.3) is 5.91 Å². The minimum Gasteiger partial charge on any atom is -0.363 e. The highest BCUT2D eigenvalue weighted by atomic mass is 32.2. The molecule has 0 saturated carbocycles. The van der Waals surface area contributed by atoms with E-state index in [-0.39, 0.29) is 18.2 Å². The third-order valence-corrected chi connectivity index (χ3v) is 7.57. The molecule has 2 atom stereocenters. The Labute approximate surface area is 159 Å². The Balaban J connectivity index is 1.56. The zero-order chi connectivity index (χ0) is 18.9. The van der Waals surface area contributed by atoms with Gasteiger partial charge in [0.15, 0.2) is 15.9 Å². The van der Waals surface area contributed by atoms with Gasteiger partial charge in [-0.1, -0.05) is 54.6 Å². The second kappa shape index (κ2) is 7.44. The number of amides is 1. The van der Waals surface area contributed by atoms with Gasteiger partial charge in [0, 0.05) is 13.1 Å². The van der Waals surface area contributed by atoms with Gasteiger partial charge in [-0.05, 0) is 29.5 Å². The number of ether oxygens (including phenoxy) is 1. The number of benzene rings is 2. The molecule has 5 nitrogen and oxygen atoms in total. The lowest BCUT2D eigenvalue weighted by Crippen LogP contribution is -2.39. The Kier molecular flexibility index (Phi) is 5.02. The van der Waals surface area contributed by atoms with Crippen LogP contribution in [0.5, 0.6) is 0 Å². The molecule has 27 heavy (non-hydrogen) atoms. The van der Waals surface area contributed by atoms with Crippen LogP contribution in [0.1, 0.15) is 34.5 Å². The van der Waals surface area contributed by atoms with E-state index in [4.69, 9.17) is 4.74 Å². The molecule has 2 aliphatic rings. The van der Waals surface area contributed by atoms with Crippen LogP contribution in [-0.4, -0.2) is 44.7 Å². The van der Waals surface area contributed by atoms with Crippen molar-refractivity contribution in [2.24, 2.45) is 0 Å². The van der Waals surface area contributed by atoms with Crippen molar-refractivity contribution in [1.82, 2.24) is 4.90 Å². The molecule has 1 amide bonds. The van der Waals surface area contributed by atoms with E-state index in [2.05, 4.69) is 0 Å². The first-order valence-electron chi connectivity index (χ1n) is 9.31. The lowest BCUT2D eigenvalue weighted by molar-refractivity contribution is -0.144. The van der Waals surface area contributed by atoms with Crippen molar-refractivity contribution in [2.75, 3.05) is 25.4 Å². The molecule has 142 valence electrons. The van der Waals surface area contributed by atoms with E-state index in [0.717, 1.165) is 23.1 Å². The zero-order valence-corrected chi connectivity index (χ0v) is 15.9. The Bertz CT molecular complexity index is 926. The fraction of sp³-hybridized carbons (Fsp3) is 0.381. The van der Waals surface area contributed by atoms with Crippen LogP contribution in [0.15, 0.2) is 54.6 Å². The highest BCUT2D eigenvalue weighted by molar-refractivity contribution is 7.91. The van der Waals surface area contributed by atoms with E-state index in [9.17, 15) is 13.2 Å². The minimum absolute atomic E-state index is 0.0212. The molecule has 0 radical (unpaired) electrons. The maximum atomic E-state index is 13.1. The summed E-state index contributed by atoms with van der Waals surface area (Å²) in [6.45, 7) is 1.14. The van der Waals surface area contributed by atoms with Crippen molar-refractivity contribution in [1.29, 1.82) is 0 Å². The van der Waals surface area contributed by atoms with Gasteiger partial charge in [0.1, 0.15) is 0 Å². The molecule has 2 heterocycles. The van der Waals surface area contributed by atoms with E-state index >= 15 is 0 Å². The van der Waals surface area contributed by atoms with Crippen molar-refractivity contribution in [3.63, 3.8) is 0 Å². The normalized spacial score (nSPS) is 24.7. The molecule has 6 heteroatoms. The average molecular weight is 385 g/mol. The van der Waals surface area contributed by atoms with Crippen molar-refractivity contribution >= 4 is 15.7 Å². The predicted octanol–water partition coefficient (Wildman–Crippen LogP) is 2.69. The molecule has 1 saturated heterocycles. The summed E-state index contributed by atoms with van der Waals surface area (Å²) < 4.78 is 31.3. The number of sulfone groups is 1. The molecule has 4 rings (SSSR count). The molecule has 0 N–H and O–H groups in total. The lowest BCUT2D eigenvalue weighted by Gasteiger charge is -2.30. The summed E-state index contributed by atoms with van der Waals surface area (Å²) in [7, 11) is -3.31. The molecule has 2 aromatic carbocycles. The van der Waals surface area contributed by atoms with Gasteiger partial charge >= 0.3 is 0 Å². The van der Waals surface area contributed by atoms with Gasteiger partial charge in [-0.2, -0.15) is 0 Å². The number of carbonyl (C=O) groups excluding carboxylic acids is 1. The maximum absolute atomic E-state index is 13.1. The van der Waals surface area contributed by atoms with Crippen LogP contribution in [0.4, 0.5) is 0 Å². The summed E-state index contributed by atoms with van der Waals surface area (Å²) in [6.07, 6.45) is 0.572. The summed E-state index contributed by atoms with van der Waals surface area (Å²) in [5.74, 6) is -0.154. The van der Waals surface area contributed by atoms with Gasteiger partial charge in [-0.15, -0.1) is 0 Å². The fourth-order valence-corrected chi connectivity index (χ4v) is 5.77. The molecule has 0 unspecified atom stereocenters. The van der Waals surface area contributed by atoms with Crippen LogP contribution in [0.2, 0.25) is 0 Å². The number of nitrogens with zero attached hydrogens (tertiary/aromatic N) is 1. The highest BCUT2D eigenvalue weighted by Crippen LogP contribution is 2.32. The molecule has 0 bridgehead atoms. The Morgan fingerprint density at radius 2 is 1.74 bits per heavy atom. The van der Waals surface area contributed by atoms with Crippen molar-refractivity contribution in [3.8, 4) is 0 Å². The first-order chi connectivity index (χ1) is 13.1. The van der Waals surface area contributed by atoms with Crippen LogP contribution in [0, 0.1) is 0 Å². The van der Waals surface area contributed by atoms with Gasteiger partial charge in [-0.3, -0.25) is 4.79 Å². The molecule has 0 aromatic heterocycles. The molecular formula is C21H23NO4S. The van der Waals surface area contributed by atoms with Crippen LogP contribution in [-0.2, 0) is 25.8 Å². The molecule has 0 spiro atoms. The molecule has 0 aliphatic carbocycles. The fourth-order valence-electron chi connectivity index (χ4n) is 3.97. The number of fused-ring (bicyclic) bond motifs is 1. The monoisotopic (exact) mass is 385 g/mol. The predicted molar refractivity (Wildman–Crippen MR) is 103 cm³/mol. The largest absolute Gasteiger partial charge is 0.363 e. The first-order valence-corrected chi connectivity index (χ1v) is 11.0. The van der Waals surface area contributed by atoms with Gasteiger partial charge in [-0.25, -0.2) is 8.42 Å². The Morgan fingerprint density at radius 1 is 1.00 bits per heavy atom. The molecule has 2 aromatic rings. The number of hydrogen-bond acceptors (Lipinski definition) is 4. The van der Waals surface area contributed by atoms with Crippen molar-refractivity contribution in [3.05, 3.63) is 71.3 Å². The molecule has 1 fully saturated rings. The minimum atomic E-state index is -3.31.